The number of nitrogens with zero attached hydrogens (tertiary/aromatic N) is 7. The summed E-state index contributed by atoms with van der Waals surface area (Å²) in [6.07, 6.45) is 6.82. The lowest BCUT2D eigenvalue weighted by Gasteiger charge is -2.26. The Morgan fingerprint density at radius 1 is 1.02 bits per heavy atom. The monoisotopic (exact) mass is 601 g/mol. The average molecular weight is 602 g/mol. The second-order valence-corrected chi connectivity index (χ2v) is 10.7. The number of amides is 1. The standard InChI is InChI=1S/C34H35N9O2/c1-41(2)16-17-42(3)31-20-32(45-5)29(19-28(31)38-33(44)23(21-35)18-24-10-8-9-14-36-24)40-34-37-15-13-27(39-34)26-22-43(4)30-12-7-6-11-25(26)30/h6-15,18-20,22H,16-17H2,1-5H3,(H,38,44)(H,37,39,40). The maximum atomic E-state index is 13.4. The van der Waals surface area contributed by atoms with Gasteiger partial charge in [-0.3, -0.25) is 9.78 Å². The van der Waals surface area contributed by atoms with E-state index in [0.717, 1.165) is 28.7 Å². The first-order valence-electron chi connectivity index (χ1n) is 14.3. The molecule has 5 aromatic rings. The number of nitrogens with one attached hydrogen (secondary N) is 2. The molecule has 0 unspecified atom stereocenters. The highest BCUT2D eigenvalue weighted by Gasteiger charge is 2.19. The van der Waals surface area contributed by atoms with Crippen LogP contribution in [-0.2, 0) is 11.8 Å². The molecule has 228 valence electrons. The van der Waals surface area contributed by atoms with Crippen molar-refractivity contribution >= 4 is 45.9 Å². The zero-order valence-corrected chi connectivity index (χ0v) is 25.9. The number of anilines is 4. The van der Waals surface area contributed by atoms with Gasteiger partial charge in [0.05, 0.1) is 35.6 Å². The number of rotatable bonds is 11. The van der Waals surface area contributed by atoms with Gasteiger partial charge in [0.15, 0.2) is 0 Å². The topological polar surface area (TPSA) is 124 Å². The maximum Gasteiger partial charge on any atom is 0.266 e. The van der Waals surface area contributed by atoms with Crippen molar-refractivity contribution in [2.45, 2.75) is 0 Å². The molecular weight excluding hydrogens is 566 g/mol. The van der Waals surface area contributed by atoms with Crippen LogP contribution in [-0.4, -0.2) is 71.7 Å². The fourth-order valence-electron chi connectivity index (χ4n) is 4.90. The van der Waals surface area contributed by atoms with Gasteiger partial charge in [-0.25, -0.2) is 9.97 Å². The normalized spacial score (nSPS) is 11.4. The quantitative estimate of drug-likeness (QED) is 0.153. The van der Waals surface area contributed by atoms with Crippen LogP contribution in [0.3, 0.4) is 0 Å². The Morgan fingerprint density at radius 3 is 2.56 bits per heavy atom. The van der Waals surface area contributed by atoms with E-state index in [9.17, 15) is 10.1 Å². The molecule has 3 heterocycles. The first kappa shape index (κ1) is 30.7. The number of benzene rings is 2. The summed E-state index contributed by atoms with van der Waals surface area (Å²) in [6.45, 7) is 1.46. The van der Waals surface area contributed by atoms with Gasteiger partial charge >= 0.3 is 0 Å². The Labute approximate surface area is 262 Å². The molecule has 45 heavy (non-hydrogen) atoms. The molecule has 0 spiro atoms. The smallest absolute Gasteiger partial charge is 0.266 e. The van der Waals surface area contributed by atoms with Gasteiger partial charge < -0.3 is 29.7 Å². The molecule has 5 rings (SSSR count). The van der Waals surface area contributed by atoms with E-state index in [4.69, 9.17) is 9.72 Å². The number of carbonyl (C=O) groups excluding carboxylic acids is 1. The lowest BCUT2D eigenvalue weighted by Crippen LogP contribution is -2.29. The van der Waals surface area contributed by atoms with Crippen LogP contribution in [0.4, 0.5) is 23.0 Å². The lowest BCUT2D eigenvalue weighted by atomic mass is 10.1. The van der Waals surface area contributed by atoms with Crippen LogP contribution < -0.4 is 20.3 Å². The van der Waals surface area contributed by atoms with Crippen molar-refractivity contribution in [3.05, 3.63) is 90.5 Å². The van der Waals surface area contributed by atoms with Crippen LogP contribution in [0.25, 0.3) is 28.2 Å². The number of ether oxygens (including phenoxy) is 1. The van der Waals surface area contributed by atoms with Gasteiger partial charge in [0.1, 0.15) is 17.4 Å². The first-order chi connectivity index (χ1) is 21.8. The molecule has 0 aliphatic rings. The fourth-order valence-corrected chi connectivity index (χ4v) is 4.90. The summed E-state index contributed by atoms with van der Waals surface area (Å²) in [6, 6.07) is 20.9. The van der Waals surface area contributed by atoms with Crippen LogP contribution in [0.2, 0.25) is 0 Å². The molecule has 0 fully saturated rings. The molecule has 0 saturated heterocycles. The summed E-state index contributed by atoms with van der Waals surface area (Å²) in [4.78, 5) is 31.0. The Bertz CT molecular complexity index is 1890. The van der Waals surface area contributed by atoms with Crippen LogP contribution in [0.1, 0.15) is 5.69 Å². The number of methoxy groups -OCH3 is 1. The molecule has 3 aromatic heterocycles. The minimum atomic E-state index is -0.560. The Morgan fingerprint density at radius 2 is 1.82 bits per heavy atom. The van der Waals surface area contributed by atoms with Crippen molar-refractivity contribution in [1.29, 1.82) is 5.26 Å². The molecule has 0 atom stereocenters. The van der Waals surface area contributed by atoms with E-state index in [1.165, 1.54) is 6.08 Å². The summed E-state index contributed by atoms with van der Waals surface area (Å²) in [5.41, 5.74) is 5.02. The largest absolute Gasteiger partial charge is 0.494 e. The van der Waals surface area contributed by atoms with Gasteiger partial charge in [-0.15, -0.1) is 0 Å². The second kappa shape index (κ2) is 13.7. The number of aryl methyl sites for hydroxylation is 1. The summed E-state index contributed by atoms with van der Waals surface area (Å²) < 4.78 is 7.84. The predicted molar refractivity (Wildman–Crippen MR) is 179 cm³/mol. The van der Waals surface area contributed by atoms with Crippen molar-refractivity contribution in [2.24, 2.45) is 7.05 Å². The lowest BCUT2D eigenvalue weighted by molar-refractivity contribution is -0.112. The van der Waals surface area contributed by atoms with E-state index < -0.39 is 5.91 Å². The fraction of sp³-hybridized carbons (Fsp3) is 0.206. The molecule has 0 radical (unpaired) electrons. The highest BCUT2D eigenvalue weighted by atomic mass is 16.5. The molecule has 11 heteroatoms. The minimum absolute atomic E-state index is 0.0768. The third-order valence-electron chi connectivity index (χ3n) is 7.28. The summed E-state index contributed by atoms with van der Waals surface area (Å²) in [5, 5.41) is 17.1. The molecule has 2 N–H and O–H groups in total. The second-order valence-electron chi connectivity index (χ2n) is 10.7. The van der Waals surface area contributed by atoms with Crippen LogP contribution in [0.15, 0.2) is 84.8 Å². The number of para-hydroxylation sites is 1. The van der Waals surface area contributed by atoms with E-state index in [0.29, 0.717) is 41.0 Å². The average Bonchev–Trinajstić information content (AvgIpc) is 3.39. The summed E-state index contributed by atoms with van der Waals surface area (Å²) in [7, 11) is 9.52. The van der Waals surface area contributed by atoms with Crippen molar-refractivity contribution in [1.82, 2.24) is 24.4 Å². The molecule has 2 aromatic carbocycles. The van der Waals surface area contributed by atoms with E-state index in [1.807, 2.05) is 63.4 Å². The molecule has 0 aliphatic carbocycles. The Hall–Kier alpha value is -5.73. The predicted octanol–water partition coefficient (Wildman–Crippen LogP) is 5.33. The number of hydrogen-bond donors (Lipinski definition) is 2. The number of fused-ring (bicyclic) bond motifs is 1. The molecule has 0 bridgehead atoms. The third-order valence-corrected chi connectivity index (χ3v) is 7.28. The Balaban J connectivity index is 1.51. The Kier molecular flexibility index (Phi) is 9.36. The summed E-state index contributed by atoms with van der Waals surface area (Å²) in [5.74, 6) is 0.330. The maximum absolute atomic E-state index is 13.4. The van der Waals surface area contributed by atoms with Gasteiger partial charge in [-0.05, 0) is 50.5 Å². The zero-order valence-electron chi connectivity index (χ0n) is 25.9. The number of carbonyl (C=O) groups is 1. The van der Waals surface area contributed by atoms with Gasteiger partial charge in [0, 0.05) is 68.3 Å². The number of likely N-dealkylation sites (N-methyl/N-ethyl adjacent to an activating group) is 2. The molecule has 0 aliphatic heterocycles. The van der Waals surface area contributed by atoms with Gasteiger partial charge in [0.25, 0.3) is 5.91 Å². The van der Waals surface area contributed by atoms with Crippen LogP contribution in [0.5, 0.6) is 5.75 Å². The van der Waals surface area contributed by atoms with Gasteiger partial charge in [-0.1, -0.05) is 24.3 Å². The number of pyridine rings is 1. The van der Waals surface area contributed by atoms with Crippen molar-refractivity contribution in [3.63, 3.8) is 0 Å². The molecule has 11 nitrogen and oxygen atoms in total. The highest BCUT2D eigenvalue weighted by Crippen LogP contribution is 2.38. The number of nitriles is 1. The van der Waals surface area contributed by atoms with Crippen molar-refractivity contribution in [2.75, 3.05) is 56.9 Å². The van der Waals surface area contributed by atoms with E-state index in [-0.39, 0.29) is 5.57 Å². The van der Waals surface area contributed by atoms with Gasteiger partial charge in [0.2, 0.25) is 5.95 Å². The number of aromatic nitrogens is 4. The number of hydrogen-bond acceptors (Lipinski definition) is 9. The minimum Gasteiger partial charge on any atom is -0.494 e. The van der Waals surface area contributed by atoms with E-state index in [1.54, 1.807) is 43.8 Å². The summed E-state index contributed by atoms with van der Waals surface area (Å²) >= 11 is 0. The van der Waals surface area contributed by atoms with Crippen molar-refractivity contribution < 1.29 is 9.53 Å². The SMILES string of the molecule is COc1cc(N(C)CCN(C)C)c(NC(=O)C(C#N)=Cc2ccccn2)cc1Nc1nccc(-c2cn(C)c3ccccc23)n1. The van der Waals surface area contributed by atoms with Gasteiger partial charge in [-0.2, -0.15) is 5.26 Å². The highest BCUT2D eigenvalue weighted by molar-refractivity contribution is 6.11. The van der Waals surface area contributed by atoms with Crippen LogP contribution >= 0.6 is 0 Å². The van der Waals surface area contributed by atoms with Crippen LogP contribution in [0, 0.1) is 11.3 Å². The molecular formula is C34H35N9O2. The van der Waals surface area contributed by atoms with Crippen molar-refractivity contribution in [3.8, 4) is 23.1 Å². The van der Waals surface area contributed by atoms with E-state index >= 15 is 0 Å². The molecule has 1 amide bonds. The molecule has 0 saturated carbocycles. The third kappa shape index (κ3) is 7.09. The van der Waals surface area contributed by atoms with E-state index in [2.05, 4.69) is 48.4 Å². The zero-order chi connectivity index (χ0) is 31.9. The first-order valence-corrected chi connectivity index (χ1v) is 14.3.